The Morgan fingerprint density at radius 2 is 1.69 bits per heavy atom. The number of sulfonamides is 1. The van der Waals surface area contributed by atoms with Gasteiger partial charge in [-0.2, -0.15) is 0 Å². The fourth-order valence-corrected chi connectivity index (χ4v) is 3.86. The van der Waals surface area contributed by atoms with Gasteiger partial charge in [0.2, 0.25) is 10.0 Å². The zero-order valence-corrected chi connectivity index (χ0v) is 16.2. The van der Waals surface area contributed by atoms with E-state index in [1.54, 1.807) is 24.3 Å². The molecule has 5 nitrogen and oxygen atoms in total. The van der Waals surface area contributed by atoms with Gasteiger partial charge in [0.15, 0.2) is 0 Å². The van der Waals surface area contributed by atoms with E-state index in [2.05, 4.69) is 10.0 Å². The van der Waals surface area contributed by atoms with E-state index < -0.39 is 10.0 Å². The Labute approximate surface area is 159 Å². The molecule has 2 aromatic rings. The van der Waals surface area contributed by atoms with Gasteiger partial charge in [0.1, 0.15) is 0 Å². The van der Waals surface area contributed by atoms with Gasteiger partial charge < -0.3 is 5.32 Å². The summed E-state index contributed by atoms with van der Waals surface area (Å²) in [6.07, 6.45) is 1.09. The Hall–Kier alpha value is -2.05. The van der Waals surface area contributed by atoms with Gasteiger partial charge in [-0.05, 0) is 37.5 Å². The van der Waals surface area contributed by atoms with Crippen LogP contribution in [0.4, 0.5) is 5.69 Å². The molecule has 2 aromatic carbocycles. The maximum Gasteiger partial charge on any atom is 0.253 e. The predicted molar refractivity (Wildman–Crippen MR) is 106 cm³/mol. The van der Waals surface area contributed by atoms with Gasteiger partial charge in [0, 0.05) is 5.88 Å². The van der Waals surface area contributed by atoms with Crippen molar-refractivity contribution in [3.8, 4) is 0 Å². The van der Waals surface area contributed by atoms with Crippen LogP contribution in [0.5, 0.6) is 0 Å². The number of amides is 1. The number of carbonyl (C=O) groups is 1. The Morgan fingerprint density at radius 3 is 2.38 bits per heavy atom. The SMILES string of the molecule is CC(NC(=O)c1ccccc1NS(=O)(=O)CCCCCl)c1ccccc1. The van der Waals surface area contributed by atoms with Crippen LogP contribution in [-0.2, 0) is 10.0 Å². The first-order valence-electron chi connectivity index (χ1n) is 8.44. The van der Waals surface area contributed by atoms with Crippen LogP contribution in [0.15, 0.2) is 54.6 Å². The smallest absolute Gasteiger partial charge is 0.253 e. The van der Waals surface area contributed by atoms with Gasteiger partial charge in [-0.15, -0.1) is 11.6 Å². The van der Waals surface area contributed by atoms with E-state index >= 15 is 0 Å². The Morgan fingerprint density at radius 1 is 1.04 bits per heavy atom. The van der Waals surface area contributed by atoms with E-state index in [0.717, 1.165) is 5.56 Å². The van der Waals surface area contributed by atoms with Gasteiger partial charge in [-0.3, -0.25) is 9.52 Å². The van der Waals surface area contributed by atoms with Gasteiger partial charge in [0.25, 0.3) is 5.91 Å². The number of carbonyl (C=O) groups excluding carboxylic acids is 1. The molecule has 0 saturated heterocycles. The molecule has 2 N–H and O–H groups in total. The van der Waals surface area contributed by atoms with Gasteiger partial charge in [-0.25, -0.2) is 8.42 Å². The monoisotopic (exact) mass is 394 g/mol. The maximum atomic E-state index is 12.6. The van der Waals surface area contributed by atoms with Crippen molar-refractivity contribution in [3.05, 3.63) is 65.7 Å². The van der Waals surface area contributed by atoms with E-state index in [0.29, 0.717) is 18.7 Å². The van der Waals surface area contributed by atoms with Gasteiger partial charge >= 0.3 is 0 Å². The number of para-hydroxylation sites is 1. The molecule has 2 rings (SSSR count). The average Bonchev–Trinajstić information content (AvgIpc) is 2.62. The summed E-state index contributed by atoms with van der Waals surface area (Å²) in [5.74, 6) is 0.0579. The summed E-state index contributed by atoms with van der Waals surface area (Å²) < 4.78 is 26.9. The summed E-state index contributed by atoms with van der Waals surface area (Å²) in [4.78, 5) is 12.6. The van der Waals surface area contributed by atoms with Crippen LogP contribution < -0.4 is 10.0 Å². The van der Waals surface area contributed by atoms with Crippen LogP contribution in [0.3, 0.4) is 0 Å². The van der Waals surface area contributed by atoms with E-state index in [9.17, 15) is 13.2 Å². The molecule has 1 unspecified atom stereocenters. The van der Waals surface area contributed by atoms with Crippen molar-refractivity contribution in [1.29, 1.82) is 0 Å². The number of benzene rings is 2. The third-order valence-electron chi connectivity index (χ3n) is 3.88. The minimum absolute atomic E-state index is 0.0317. The number of nitrogens with one attached hydrogen (secondary N) is 2. The third-order valence-corrected chi connectivity index (χ3v) is 5.51. The maximum absolute atomic E-state index is 12.6. The zero-order chi connectivity index (χ0) is 19.0. The van der Waals surface area contributed by atoms with Crippen molar-refractivity contribution in [2.24, 2.45) is 0 Å². The first-order chi connectivity index (χ1) is 12.4. The number of anilines is 1. The summed E-state index contributed by atoms with van der Waals surface area (Å²) in [5.41, 5.74) is 1.53. The molecule has 0 aliphatic rings. The Bertz CT molecular complexity index is 826. The number of hydrogen-bond donors (Lipinski definition) is 2. The van der Waals surface area contributed by atoms with Gasteiger partial charge in [-0.1, -0.05) is 42.5 Å². The lowest BCUT2D eigenvalue weighted by Gasteiger charge is -2.17. The molecule has 140 valence electrons. The highest BCUT2D eigenvalue weighted by Gasteiger charge is 2.18. The van der Waals surface area contributed by atoms with Crippen LogP contribution in [0.1, 0.15) is 41.7 Å². The van der Waals surface area contributed by atoms with E-state index in [1.165, 1.54) is 0 Å². The molecule has 0 bridgehead atoms. The molecule has 1 atom stereocenters. The van der Waals surface area contributed by atoms with E-state index in [4.69, 9.17) is 11.6 Å². The van der Waals surface area contributed by atoms with Crippen molar-refractivity contribution in [2.45, 2.75) is 25.8 Å². The number of halogens is 1. The molecular formula is C19H23ClN2O3S. The van der Waals surface area contributed by atoms with Crippen molar-refractivity contribution in [3.63, 3.8) is 0 Å². The highest BCUT2D eigenvalue weighted by molar-refractivity contribution is 7.92. The lowest BCUT2D eigenvalue weighted by Crippen LogP contribution is -2.28. The molecule has 7 heteroatoms. The second-order valence-electron chi connectivity index (χ2n) is 5.97. The fourth-order valence-electron chi connectivity index (χ4n) is 2.47. The third kappa shape index (κ3) is 6.04. The molecule has 0 spiro atoms. The zero-order valence-electron chi connectivity index (χ0n) is 14.6. The summed E-state index contributed by atoms with van der Waals surface area (Å²) in [6.45, 7) is 1.88. The van der Waals surface area contributed by atoms with Crippen LogP contribution in [0.25, 0.3) is 0 Å². The normalized spacial score (nSPS) is 12.4. The van der Waals surface area contributed by atoms with Crippen LogP contribution in [0.2, 0.25) is 0 Å². The fraction of sp³-hybridized carbons (Fsp3) is 0.316. The largest absolute Gasteiger partial charge is 0.345 e. The van der Waals surface area contributed by atoms with Crippen LogP contribution in [0, 0.1) is 0 Å². The van der Waals surface area contributed by atoms with Crippen molar-refractivity contribution >= 4 is 33.2 Å². The lowest BCUT2D eigenvalue weighted by molar-refractivity contribution is 0.0941. The van der Waals surface area contributed by atoms with Crippen molar-refractivity contribution in [2.75, 3.05) is 16.4 Å². The molecule has 0 fully saturated rings. The molecule has 0 heterocycles. The quantitative estimate of drug-likeness (QED) is 0.499. The molecule has 26 heavy (non-hydrogen) atoms. The predicted octanol–water partition coefficient (Wildman–Crippen LogP) is 3.94. The minimum atomic E-state index is -3.53. The molecule has 0 aliphatic carbocycles. The van der Waals surface area contributed by atoms with Crippen LogP contribution >= 0.6 is 11.6 Å². The van der Waals surface area contributed by atoms with Crippen LogP contribution in [-0.4, -0.2) is 26.0 Å². The Balaban J connectivity index is 2.11. The highest BCUT2D eigenvalue weighted by Crippen LogP contribution is 2.19. The number of hydrogen-bond acceptors (Lipinski definition) is 3. The molecule has 0 aliphatic heterocycles. The van der Waals surface area contributed by atoms with Crippen molar-refractivity contribution < 1.29 is 13.2 Å². The topological polar surface area (TPSA) is 75.3 Å². The highest BCUT2D eigenvalue weighted by atomic mass is 35.5. The van der Waals surface area contributed by atoms with Gasteiger partial charge in [0.05, 0.1) is 23.0 Å². The molecule has 0 aromatic heterocycles. The molecular weight excluding hydrogens is 372 g/mol. The second kappa shape index (κ2) is 9.59. The standard InChI is InChI=1S/C19H23ClN2O3S/c1-15(16-9-3-2-4-10-16)21-19(23)17-11-5-6-12-18(17)22-26(24,25)14-8-7-13-20/h2-6,9-12,15,22H,7-8,13-14H2,1H3,(H,21,23). The summed E-state index contributed by atoms with van der Waals surface area (Å²) in [6, 6.07) is 15.9. The van der Waals surface area contributed by atoms with Crippen molar-refractivity contribution in [1.82, 2.24) is 5.32 Å². The molecule has 0 saturated carbocycles. The lowest BCUT2D eigenvalue weighted by atomic mass is 10.1. The minimum Gasteiger partial charge on any atom is -0.345 e. The van der Waals surface area contributed by atoms with E-state index in [1.807, 2.05) is 37.3 Å². The first-order valence-corrected chi connectivity index (χ1v) is 10.6. The number of unbranched alkanes of at least 4 members (excludes halogenated alkanes) is 1. The average molecular weight is 395 g/mol. The first kappa shape index (κ1) is 20.3. The second-order valence-corrected chi connectivity index (χ2v) is 8.19. The van der Waals surface area contributed by atoms with E-state index in [-0.39, 0.29) is 29.0 Å². The molecule has 1 amide bonds. The molecule has 0 radical (unpaired) electrons. The Kier molecular flexibility index (Phi) is 7.48. The summed E-state index contributed by atoms with van der Waals surface area (Å²) >= 11 is 5.59. The summed E-state index contributed by atoms with van der Waals surface area (Å²) in [5, 5.41) is 2.90. The number of alkyl halides is 1. The number of rotatable bonds is 9. The summed E-state index contributed by atoms with van der Waals surface area (Å²) in [7, 11) is -3.53.